The Morgan fingerprint density at radius 3 is 2.35 bits per heavy atom. The van der Waals surface area contributed by atoms with Crippen molar-refractivity contribution in [2.75, 3.05) is 35.9 Å². The third kappa shape index (κ3) is 8.92. The van der Waals surface area contributed by atoms with Crippen molar-refractivity contribution in [1.82, 2.24) is 19.8 Å². The highest BCUT2D eigenvalue weighted by molar-refractivity contribution is 7.92. The number of unbranched alkanes of at least 4 members (excludes halogenated alkanes) is 1. The molecule has 10 nitrogen and oxygen atoms in total. The molecule has 4 rings (SSSR count). The summed E-state index contributed by atoms with van der Waals surface area (Å²) in [6.45, 7) is 7.39. The van der Waals surface area contributed by atoms with Gasteiger partial charge in [-0.3, -0.25) is 14.6 Å². The topological polar surface area (TPSA) is 117 Å². The van der Waals surface area contributed by atoms with Crippen LogP contribution in [-0.2, 0) is 16.6 Å². The second-order valence-electron chi connectivity index (χ2n) is 10.2. The second-order valence-corrected chi connectivity index (χ2v) is 11.9. The summed E-state index contributed by atoms with van der Waals surface area (Å²) in [7, 11) is -3.32. The Bertz CT molecular complexity index is 1340. The zero-order chi connectivity index (χ0) is 28.5. The summed E-state index contributed by atoms with van der Waals surface area (Å²) in [6, 6.07) is 14.4. The van der Waals surface area contributed by atoms with Crippen LogP contribution in [0.4, 0.5) is 16.2 Å². The summed E-state index contributed by atoms with van der Waals surface area (Å²) in [5, 5.41) is 3.02. The number of piperidine rings is 1. The predicted molar refractivity (Wildman–Crippen MR) is 157 cm³/mol. The van der Waals surface area contributed by atoms with Crippen molar-refractivity contribution in [3.8, 4) is 11.6 Å². The molecule has 214 valence electrons. The molecule has 2 aromatic heterocycles. The first-order valence-corrected chi connectivity index (χ1v) is 15.5. The molecule has 0 aliphatic carbocycles. The average molecular weight is 567 g/mol. The molecule has 40 heavy (non-hydrogen) atoms. The van der Waals surface area contributed by atoms with E-state index in [0.29, 0.717) is 17.3 Å². The summed E-state index contributed by atoms with van der Waals surface area (Å²) >= 11 is 0. The number of amides is 2. The molecular weight excluding hydrogens is 528 g/mol. The smallest absolute Gasteiger partial charge is 0.322 e. The summed E-state index contributed by atoms with van der Waals surface area (Å²) in [5.74, 6) is 1.03. The van der Waals surface area contributed by atoms with Gasteiger partial charge in [-0.05, 0) is 68.1 Å². The van der Waals surface area contributed by atoms with Crippen LogP contribution in [0, 0.1) is 6.92 Å². The van der Waals surface area contributed by atoms with Gasteiger partial charge in [0.2, 0.25) is 15.9 Å². The lowest BCUT2D eigenvalue weighted by Gasteiger charge is -2.38. The summed E-state index contributed by atoms with van der Waals surface area (Å²) in [6.07, 6.45) is 8.47. The van der Waals surface area contributed by atoms with Crippen LogP contribution in [0.5, 0.6) is 11.6 Å². The minimum atomic E-state index is -3.32. The molecule has 2 N–H and O–H groups in total. The number of hydrogen-bond donors (Lipinski definition) is 2. The van der Waals surface area contributed by atoms with Crippen molar-refractivity contribution in [2.24, 2.45) is 0 Å². The van der Waals surface area contributed by atoms with E-state index < -0.39 is 10.0 Å². The monoisotopic (exact) mass is 566 g/mol. The Morgan fingerprint density at radius 2 is 1.75 bits per heavy atom. The summed E-state index contributed by atoms with van der Waals surface area (Å²) < 4.78 is 30.9. The van der Waals surface area contributed by atoms with Gasteiger partial charge in [0.15, 0.2) is 0 Å². The van der Waals surface area contributed by atoms with Crippen LogP contribution in [0.3, 0.4) is 0 Å². The lowest BCUT2D eigenvalue weighted by Crippen LogP contribution is -2.49. The summed E-state index contributed by atoms with van der Waals surface area (Å²) in [4.78, 5) is 26.2. The van der Waals surface area contributed by atoms with Gasteiger partial charge in [-0.2, -0.15) is 0 Å². The largest absolute Gasteiger partial charge is 0.439 e. The number of likely N-dealkylation sites (tertiary alicyclic amines) is 1. The standard InChI is InChI=1S/C29H38N6O4S/c1-4-5-16-35(29(36)32-25-8-6-22(2)30-20-25)26-14-17-34(18-15-26)21-23-7-13-28(31-19-23)39-27-11-9-24(10-12-27)33-40(3,37)38/h6-13,19-20,26,33H,4-5,14-18,21H2,1-3H3,(H,32,36). The lowest BCUT2D eigenvalue weighted by molar-refractivity contribution is 0.122. The van der Waals surface area contributed by atoms with E-state index in [0.717, 1.165) is 75.1 Å². The Hall–Kier alpha value is -3.70. The Kier molecular flexibility index (Phi) is 9.94. The van der Waals surface area contributed by atoms with Crippen molar-refractivity contribution in [1.29, 1.82) is 0 Å². The number of sulfonamides is 1. The number of carbonyl (C=O) groups is 1. The normalized spacial score (nSPS) is 14.5. The quantitative estimate of drug-likeness (QED) is 0.326. The number of anilines is 2. The SMILES string of the molecule is CCCCN(C(=O)Nc1ccc(C)nc1)C1CCN(Cc2ccc(Oc3ccc(NS(C)(=O)=O)cc3)nc2)CC1. The van der Waals surface area contributed by atoms with E-state index >= 15 is 0 Å². The third-order valence-electron chi connectivity index (χ3n) is 6.76. The molecular formula is C29H38N6O4S. The highest BCUT2D eigenvalue weighted by Crippen LogP contribution is 2.24. The van der Waals surface area contributed by atoms with Gasteiger partial charge >= 0.3 is 6.03 Å². The van der Waals surface area contributed by atoms with E-state index in [9.17, 15) is 13.2 Å². The van der Waals surface area contributed by atoms with Gasteiger partial charge in [0.05, 0.1) is 18.1 Å². The number of pyridine rings is 2. The maximum absolute atomic E-state index is 13.1. The number of nitrogens with one attached hydrogen (secondary N) is 2. The first-order valence-electron chi connectivity index (χ1n) is 13.6. The molecule has 1 fully saturated rings. The minimum absolute atomic E-state index is 0.0568. The average Bonchev–Trinajstić information content (AvgIpc) is 2.92. The fourth-order valence-corrected chi connectivity index (χ4v) is 5.22. The van der Waals surface area contributed by atoms with Crippen LogP contribution in [-0.4, -0.2) is 66.1 Å². The molecule has 3 heterocycles. The maximum atomic E-state index is 13.1. The molecule has 1 aromatic carbocycles. The second kappa shape index (κ2) is 13.6. The van der Waals surface area contributed by atoms with E-state index in [4.69, 9.17) is 4.74 Å². The summed E-state index contributed by atoms with van der Waals surface area (Å²) in [5.41, 5.74) is 3.20. The molecule has 2 amide bonds. The Labute approximate surface area is 236 Å². The third-order valence-corrected chi connectivity index (χ3v) is 7.36. The highest BCUT2D eigenvalue weighted by atomic mass is 32.2. The molecule has 1 aliphatic rings. The molecule has 0 radical (unpaired) electrons. The van der Waals surface area contributed by atoms with Gasteiger partial charge in [-0.1, -0.05) is 19.4 Å². The van der Waals surface area contributed by atoms with E-state index in [1.165, 1.54) is 0 Å². The van der Waals surface area contributed by atoms with E-state index in [1.54, 1.807) is 30.5 Å². The van der Waals surface area contributed by atoms with Crippen molar-refractivity contribution in [3.05, 3.63) is 72.2 Å². The molecule has 0 unspecified atom stereocenters. The van der Waals surface area contributed by atoms with Crippen molar-refractivity contribution >= 4 is 27.4 Å². The molecule has 0 saturated carbocycles. The highest BCUT2D eigenvalue weighted by Gasteiger charge is 2.28. The fourth-order valence-electron chi connectivity index (χ4n) is 4.65. The number of nitrogens with zero attached hydrogens (tertiary/aromatic N) is 4. The molecule has 11 heteroatoms. The number of urea groups is 1. The first kappa shape index (κ1) is 29.3. The maximum Gasteiger partial charge on any atom is 0.322 e. The van der Waals surface area contributed by atoms with Crippen LogP contribution in [0.1, 0.15) is 43.9 Å². The zero-order valence-corrected chi connectivity index (χ0v) is 24.2. The Balaban J connectivity index is 1.27. The number of hydrogen-bond acceptors (Lipinski definition) is 7. The number of carbonyl (C=O) groups excluding carboxylic acids is 1. The number of rotatable bonds is 11. The van der Waals surface area contributed by atoms with Crippen molar-refractivity contribution < 1.29 is 17.9 Å². The molecule has 3 aromatic rings. The van der Waals surface area contributed by atoms with E-state index in [1.807, 2.05) is 42.3 Å². The van der Waals surface area contributed by atoms with Gasteiger partial charge in [-0.25, -0.2) is 18.2 Å². The van der Waals surface area contributed by atoms with Crippen molar-refractivity contribution in [3.63, 3.8) is 0 Å². The number of aromatic nitrogens is 2. The number of benzene rings is 1. The Morgan fingerprint density at radius 1 is 1.02 bits per heavy atom. The predicted octanol–water partition coefficient (Wildman–Crippen LogP) is 5.25. The van der Waals surface area contributed by atoms with Gasteiger partial charge < -0.3 is 15.0 Å². The van der Waals surface area contributed by atoms with Crippen LogP contribution in [0.2, 0.25) is 0 Å². The zero-order valence-electron chi connectivity index (χ0n) is 23.3. The number of aryl methyl sites for hydroxylation is 1. The van der Waals surface area contributed by atoms with Crippen LogP contribution >= 0.6 is 0 Å². The van der Waals surface area contributed by atoms with Crippen LogP contribution in [0.25, 0.3) is 0 Å². The van der Waals surface area contributed by atoms with Gasteiger partial charge in [0.1, 0.15) is 5.75 Å². The molecule has 1 aliphatic heterocycles. The molecule has 0 atom stereocenters. The van der Waals surface area contributed by atoms with Crippen LogP contribution < -0.4 is 14.8 Å². The van der Waals surface area contributed by atoms with Crippen molar-refractivity contribution in [2.45, 2.75) is 52.1 Å². The first-order chi connectivity index (χ1) is 19.2. The van der Waals surface area contributed by atoms with E-state index in [-0.39, 0.29) is 12.1 Å². The molecule has 1 saturated heterocycles. The van der Waals surface area contributed by atoms with E-state index in [2.05, 4.69) is 31.8 Å². The fraction of sp³-hybridized carbons (Fsp3) is 0.414. The lowest BCUT2D eigenvalue weighted by atomic mass is 10.0. The van der Waals surface area contributed by atoms with Gasteiger partial charge in [0.25, 0.3) is 0 Å². The van der Waals surface area contributed by atoms with Gasteiger partial charge in [-0.15, -0.1) is 0 Å². The van der Waals surface area contributed by atoms with Crippen LogP contribution in [0.15, 0.2) is 60.9 Å². The molecule has 0 spiro atoms. The van der Waals surface area contributed by atoms with Gasteiger partial charge in [0, 0.05) is 55.9 Å². The minimum Gasteiger partial charge on any atom is -0.439 e. The molecule has 0 bridgehead atoms. The number of ether oxygens (including phenoxy) is 1.